The van der Waals surface area contributed by atoms with Gasteiger partial charge >= 0.3 is 5.69 Å². The molecule has 2 aliphatic rings. The highest BCUT2D eigenvalue weighted by Gasteiger charge is 2.34. The maximum Gasteiger partial charge on any atom is 0.354 e. The second-order valence-electron chi connectivity index (χ2n) is 11.1. The number of pyridine rings is 2. The van der Waals surface area contributed by atoms with Crippen molar-refractivity contribution in [2.45, 2.75) is 46.3 Å². The lowest BCUT2D eigenvalue weighted by Gasteiger charge is -2.40. The Labute approximate surface area is 252 Å². The number of piperazine rings is 1. The van der Waals surface area contributed by atoms with Crippen LogP contribution in [0.5, 0.6) is 11.6 Å². The van der Waals surface area contributed by atoms with E-state index < -0.39 is 17.3 Å². The fourth-order valence-electron chi connectivity index (χ4n) is 6.07. The summed E-state index contributed by atoms with van der Waals surface area (Å²) < 4.78 is 22.9. The first-order chi connectivity index (χ1) is 20.5. The number of carbonyl (C=O) groups excluding carboxylic acids is 1. The summed E-state index contributed by atoms with van der Waals surface area (Å²) in [4.78, 5) is 43.5. The number of ether oxygens (including phenoxy) is 1. The fourth-order valence-corrected chi connectivity index (χ4v) is 6.39. The molecular formula is C31H30ClFN6O4. The molecule has 222 valence electrons. The first-order valence-corrected chi connectivity index (χ1v) is 14.3. The molecule has 10 nitrogen and oxygen atoms in total. The molecule has 4 aromatic rings. The summed E-state index contributed by atoms with van der Waals surface area (Å²) >= 11 is 6.91. The smallest absolute Gasteiger partial charge is 0.354 e. The van der Waals surface area contributed by atoms with E-state index in [4.69, 9.17) is 16.3 Å². The molecule has 1 atom stereocenters. The number of hydrogen-bond donors (Lipinski definition) is 1. The van der Waals surface area contributed by atoms with E-state index in [0.29, 0.717) is 53.3 Å². The maximum atomic E-state index is 15.5. The van der Waals surface area contributed by atoms with E-state index in [1.165, 1.54) is 10.6 Å². The van der Waals surface area contributed by atoms with E-state index in [1.54, 1.807) is 17.2 Å². The minimum Gasteiger partial charge on any atom is -0.504 e. The van der Waals surface area contributed by atoms with Gasteiger partial charge in [0.1, 0.15) is 12.4 Å². The number of aryl methyl sites for hydroxylation is 1. The van der Waals surface area contributed by atoms with Crippen molar-refractivity contribution in [1.29, 1.82) is 0 Å². The third-order valence-corrected chi connectivity index (χ3v) is 8.38. The van der Waals surface area contributed by atoms with Gasteiger partial charge < -0.3 is 19.6 Å². The molecule has 1 saturated heterocycles. The molecule has 12 heteroatoms. The van der Waals surface area contributed by atoms with Crippen molar-refractivity contribution in [3.63, 3.8) is 0 Å². The number of carbonyl (C=O) groups is 1. The van der Waals surface area contributed by atoms with Crippen LogP contribution in [0.3, 0.4) is 0 Å². The average molecular weight is 605 g/mol. The van der Waals surface area contributed by atoms with Crippen LogP contribution in [0.4, 0.5) is 10.2 Å². The molecule has 1 amide bonds. The molecule has 0 bridgehead atoms. The Hall–Kier alpha value is -4.51. The number of fused-ring (bicyclic) bond motifs is 5. The normalized spacial score (nSPS) is 16.2. The van der Waals surface area contributed by atoms with Crippen molar-refractivity contribution in [3.05, 3.63) is 75.3 Å². The standard InChI is InChI=1S/C31H30ClFN6O4/c1-6-22(41)37-9-10-38(17(5)13-37)29-18-11-20(32)23-19(14-43-30-24(23)25(33)21(40)12-35-30)28(18)39(31(42)36-29)27-16(4)7-8-34-26(27)15(2)3/h6-8,11-12,15,17,40H,1,9-10,13-14H2,2-5H3/t17-/m0/s1. The lowest BCUT2D eigenvalue weighted by Crippen LogP contribution is -2.54. The monoisotopic (exact) mass is 604 g/mol. The molecule has 2 aliphatic heterocycles. The van der Waals surface area contributed by atoms with Crippen molar-refractivity contribution in [1.82, 2.24) is 24.4 Å². The molecule has 1 fully saturated rings. The summed E-state index contributed by atoms with van der Waals surface area (Å²) in [5.74, 6) is -1.39. The molecular weight excluding hydrogens is 575 g/mol. The maximum absolute atomic E-state index is 15.5. The van der Waals surface area contributed by atoms with Crippen molar-refractivity contribution in [3.8, 4) is 28.4 Å². The lowest BCUT2D eigenvalue weighted by molar-refractivity contribution is -0.126. The van der Waals surface area contributed by atoms with Crippen LogP contribution in [-0.2, 0) is 11.4 Å². The molecule has 1 N–H and O–H groups in total. The van der Waals surface area contributed by atoms with Gasteiger partial charge in [0.05, 0.1) is 28.7 Å². The number of nitrogens with zero attached hydrogens (tertiary/aromatic N) is 6. The van der Waals surface area contributed by atoms with E-state index in [1.807, 2.05) is 38.7 Å². The highest BCUT2D eigenvalue weighted by atomic mass is 35.5. The SMILES string of the molecule is C=CC(=O)N1CCN(c2nc(=O)n(-c3c(C)ccnc3C(C)C)c3c4c(c(Cl)cc23)-c2c(ncc(O)c2F)OC4)[C@@H](C)C1. The van der Waals surface area contributed by atoms with Crippen LogP contribution in [0, 0.1) is 12.7 Å². The molecule has 0 aliphatic carbocycles. The van der Waals surface area contributed by atoms with Crippen molar-refractivity contribution in [2.24, 2.45) is 0 Å². The van der Waals surface area contributed by atoms with Gasteiger partial charge in [-0.2, -0.15) is 4.98 Å². The van der Waals surface area contributed by atoms with Gasteiger partial charge in [-0.1, -0.05) is 32.0 Å². The summed E-state index contributed by atoms with van der Waals surface area (Å²) in [7, 11) is 0. The number of aromatic nitrogens is 4. The molecule has 6 rings (SSSR count). The summed E-state index contributed by atoms with van der Waals surface area (Å²) in [5.41, 5.74) is 2.60. The highest BCUT2D eigenvalue weighted by molar-refractivity contribution is 6.35. The van der Waals surface area contributed by atoms with Crippen molar-refractivity contribution in [2.75, 3.05) is 24.5 Å². The molecule has 0 radical (unpaired) electrons. The number of halogens is 2. The van der Waals surface area contributed by atoms with E-state index in [-0.39, 0.29) is 46.5 Å². The minimum absolute atomic E-state index is 0.00992. The fraction of sp³-hybridized carbons (Fsp3) is 0.323. The quantitative estimate of drug-likeness (QED) is 0.328. The molecule has 0 unspecified atom stereocenters. The topological polar surface area (TPSA) is 114 Å². The third-order valence-electron chi connectivity index (χ3n) is 8.09. The van der Waals surface area contributed by atoms with Gasteiger partial charge in [-0.3, -0.25) is 14.3 Å². The molecule has 0 saturated carbocycles. The number of amides is 1. The Kier molecular flexibility index (Phi) is 7.08. The Balaban J connectivity index is 1.71. The van der Waals surface area contributed by atoms with Gasteiger partial charge in [-0.05, 0) is 43.5 Å². The second kappa shape index (κ2) is 10.6. The van der Waals surface area contributed by atoms with Gasteiger partial charge in [-0.15, -0.1) is 0 Å². The molecule has 0 spiro atoms. The van der Waals surface area contributed by atoms with Crippen molar-refractivity contribution >= 4 is 34.2 Å². The van der Waals surface area contributed by atoms with Crippen LogP contribution in [0.15, 0.2) is 42.0 Å². The van der Waals surface area contributed by atoms with Crippen LogP contribution >= 0.6 is 11.6 Å². The summed E-state index contributed by atoms with van der Waals surface area (Å²) in [6.07, 6.45) is 3.97. The largest absolute Gasteiger partial charge is 0.504 e. The van der Waals surface area contributed by atoms with Crippen LogP contribution in [-0.4, -0.2) is 61.1 Å². The molecule has 43 heavy (non-hydrogen) atoms. The van der Waals surface area contributed by atoms with Gasteiger partial charge in [-0.25, -0.2) is 14.2 Å². The summed E-state index contributed by atoms with van der Waals surface area (Å²) in [5, 5.41) is 10.9. The summed E-state index contributed by atoms with van der Waals surface area (Å²) in [6, 6.07) is 3.29. The molecule has 3 aromatic heterocycles. The van der Waals surface area contributed by atoms with Gasteiger partial charge in [0.2, 0.25) is 11.8 Å². The number of benzene rings is 1. The van der Waals surface area contributed by atoms with Crippen molar-refractivity contribution < 1.29 is 19.0 Å². The van der Waals surface area contributed by atoms with E-state index in [2.05, 4.69) is 21.5 Å². The Morgan fingerprint density at radius 1 is 1.28 bits per heavy atom. The van der Waals surface area contributed by atoms with Crippen LogP contribution in [0.1, 0.15) is 43.5 Å². The Morgan fingerprint density at radius 2 is 2.05 bits per heavy atom. The predicted molar refractivity (Wildman–Crippen MR) is 162 cm³/mol. The van der Waals surface area contributed by atoms with Crippen LogP contribution in [0.2, 0.25) is 5.02 Å². The van der Waals surface area contributed by atoms with E-state index in [9.17, 15) is 14.7 Å². The number of anilines is 1. The molecule has 1 aromatic carbocycles. The first kappa shape index (κ1) is 28.6. The number of rotatable bonds is 4. The predicted octanol–water partition coefficient (Wildman–Crippen LogP) is 4.89. The minimum atomic E-state index is -0.924. The van der Waals surface area contributed by atoms with E-state index in [0.717, 1.165) is 11.8 Å². The zero-order chi connectivity index (χ0) is 30.7. The van der Waals surface area contributed by atoms with Crippen LogP contribution < -0.4 is 15.3 Å². The molecule has 5 heterocycles. The highest BCUT2D eigenvalue weighted by Crippen LogP contribution is 2.48. The van der Waals surface area contributed by atoms with Gasteiger partial charge in [0, 0.05) is 53.4 Å². The van der Waals surface area contributed by atoms with Crippen LogP contribution in [0.25, 0.3) is 27.7 Å². The summed E-state index contributed by atoms with van der Waals surface area (Å²) in [6.45, 7) is 12.6. The van der Waals surface area contributed by atoms with E-state index >= 15 is 4.39 Å². The first-order valence-electron chi connectivity index (χ1n) is 14.0. The lowest BCUT2D eigenvalue weighted by atomic mass is 9.94. The third kappa shape index (κ3) is 4.50. The zero-order valence-corrected chi connectivity index (χ0v) is 24.9. The Bertz CT molecular complexity index is 1890. The Morgan fingerprint density at radius 3 is 2.74 bits per heavy atom. The van der Waals surface area contributed by atoms with Gasteiger partial charge in [0.25, 0.3) is 0 Å². The average Bonchev–Trinajstić information content (AvgIpc) is 2.98. The number of aromatic hydroxyl groups is 1. The zero-order valence-electron chi connectivity index (χ0n) is 24.2. The second-order valence-corrected chi connectivity index (χ2v) is 11.5. The van der Waals surface area contributed by atoms with Gasteiger partial charge in [0.15, 0.2) is 11.6 Å². The number of hydrogen-bond acceptors (Lipinski definition) is 8.